The highest BCUT2D eigenvalue weighted by Gasteiger charge is 2.32. The highest BCUT2D eigenvalue weighted by Crippen LogP contribution is 2.26. The van der Waals surface area contributed by atoms with E-state index >= 15 is 0 Å². The lowest BCUT2D eigenvalue weighted by atomic mass is 9.88. The zero-order chi connectivity index (χ0) is 13.6. The van der Waals surface area contributed by atoms with Gasteiger partial charge >= 0.3 is 0 Å². The van der Waals surface area contributed by atoms with E-state index in [1.54, 1.807) is 0 Å². The van der Waals surface area contributed by atoms with Crippen molar-refractivity contribution in [1.29, 1.82) is 0 Å². The Morgan fingerprint density at radius 2 is 2.11 bits per heavy atom. The van der Waals surface area contributed by atoms with Gasteiger partial charge in [0.25, 0.3) is 0 Å². The maximum absolute atomic E-state index is 10.6. The van der Waals surface area contributed by atoms with Gasteiger partial charge in [0.1, 0.15) is 0 Å². The van der Waals surface area contributed by atoms with Crippen LogP contribution in [0.25, 0.3) is 0 Å². The maximum Gasteiger partial charge on any atom is 0.0783 e. The first-order chi connectivity index (χ1) is 9.22. The van der Waals surface area contributed by atoms with E-state index in [1.807, 2.05) is 13.0 Å². The Morgan fingerprint density at radius 3 is 2.84 bits per heavy atom. The van der Waals surface area contributed by atoms with Crippen molar-refractivity contribution in [2.24, 2.45) is 0 Å². The molecule has 1 aliphatic heterocycles. The first-order valence-corrected chi connectivity index (χ1v) is 7.10. The summed E-state index contributed by atoms with van der Waals surface area (Å²) in [6.07, 6.45) is 3.57. The molecular formula is C17H23NO. The quantitative estimate of drug-likeness (QED) is 0.838. The molecule has 1 aromatic carbocycles. The summed E-state index contributed by atoms with van der Waals surface area (Å²) in [7, 11) is 0. The number of piperidine rings is 1. The van der Waals surface area contributed by atoms with Crippen LogP contribution in [0, 0.1) is 11.8 Å². The number of aliphatic hydroxyl groups is 1. The van der Waals surface area contributed by atoms with Crippen LogP contribution < -0.4 is 0 Å². The van der Waals surface area contributed by atoms with Gasteiger partial charge in [-0.2, -0.15) is 0 Å². The monoisotopic (exact) mass is 257 g/mol. The highest BCUT2D eigenvalue weighted by atomic mass is 16.3. The minimum absolute atomic E-state index is 0.545. The second-order valence-electron chi connectivity index (χ2n) is 5.45. The van der Waals surface area contributed by atoms with E-state index < -0.39 is 5.60 Å². The standard InChI is InChI=1S/C17H23NO/c1-2-3-7-11-17(19)12-8-13-18(15-17)14-16-9-5-4-6-10-16/h4-6,9-10,19H,7-8,11-15H2,1H3. The largest absolute Gasteiger partial charge is 0.389 e. The maximum atomic E-state index is 10.6. The van der Waals surface area contributed by atoms with Gasteiger partial charge in [0.2, 0.25) is 0 Å². The summed E-state index contributed by atoms with van der Waals surface area (Å²) in [4.78, 5) is 2.36. The zero-order valence-electron chi connectivity index (χ0n) is 11.7. The van der Waals surface area contributed by atoms with Crippen molar-refractivity contribution < 1.29 is 5.11 Å². The summed E-state index contributed by atoms with van der Waals surface area (Å²) in [6, 6.07) is 10.5. The lowest BCUT2D eigenvalue weighted by molar-refractivity contribution is -0.0381. The molecule has 0 spiro atoms. The summed E-state index contributed by atoms with van der Waals surface area (Å²) in [5, 5.41) is 10.6. The predicted molar refractivity (Wildman–Crippen MR) is 78.6 cm³/mol. The van der Waals surface area contributed by atoms with Gasteiger partial charge in [0, 0.05) is 19.5 Å². The van der Waals surface area contributed by atoms with Crippen LogP contribution in [0.15, 0.2) is 30.3 Å². The van der Waals surface area contributed by atoms with Crippen LogP contribution in [-0.2, 0) is 6.54 Å². The van der Waals surface area contributed by atoms with E-state index in [0.29, 0.717) is 0 Å². The predicted octanol–water partition coefficient (Wildman–Crippen LogP) is 2.82. The van der Waals surface area contributed by atoms with Crippen LogP contribution >= 0.6 is 0 Å². The van der Waals surface area contributed by atoms with Crippen molar-refractivity contribution in [2.45, 2.75) is 44.8 Å². The number of benzene rings is 1. The van der Waals surface area contributed by atoms with Crippen LogP contribution in [-0.4, -0.2) is 28.7 Å². The van der Waals surface area contributed by atoms with Gasteiger partial charge in [0.05, 0.1) is 5.60 Å². The molecule has 0 aromatic heterocycles. The van der Waals surface area contributed by atoms with Crippen LogP contribution in [0.1, 0.15) is 38.2 Å². The summed E-state index contributed by atoms with van der Waals surface area (Å²) >= 11 is 0. The van der Waals surface area contributed by atoms with Gasteiger partial charge in [-0.15, -0.1) is 11.8 Å². The fourth-order valence-corrected chi connectivity index (χ4v) is 2.81. The Bertz CT molecular complexity index is 445. The average Bonchev–Trinajstić information content (AvgIpc) is 2.40. The Hall–Kier alpha value is -1.30. The third-order valence-electron chi connectivity index (χ3n) is 3.78. The van der Waals surface area contributed by atoms with E-state index in [0.717, 1.165) is 45.3 Å². The van der Waals surface area contributed by atoms with Crippen LogP contribution in [0.3, 0.4) is 0 Å². The first kappa shape index (κ1) is 14.1. The SMILES string of the molecule is CC#CCCC1(O)CCCN(Cc2ccccc2)C1. The van der Waals surface area contributed by atoms with Gasteiger partial charge in [-0.1, -0.05) is 30.3 Å². The molecule has 0 saturated carbocycles. The molecule has 0 aliphatic carbocycles. The minimum Gasteiger partial charge on any atom is -0.389 e. The van der Waals surface area contributed by atoms with Gasteiger partial charge in [0.15, 0.2) is 0 Å². The van der Waals surface area contributed by atoms with E-state index in [1.165, 1.54) is 5.56 Å². The second kappa shape index (κ2) is 6.75. The van der Waals surface area contributed by atoms with Crippen LogP contribution in [0.4, 0.5) is 0 Å². The molecule has 2 rings (SSSR count). The Labute approximate surface area is 116 Å². The van der Waals surface area contributed by atoms with E-state index in [-0.39, 0.29) is 0 Å². The van der Waals surface area contributed by atoms with E-state index in [2.05, 4.69) is 41.0 Å². The molecule has 1 N–H and O–H groups in total. The molecule has 1 fully saturated rings. The van der Waals surface area contributed by atoms with E-state index in [9.17, 15) is 5.11 Å². The molecule has 0 amide bonds. The average molecular weight is 257 g/mol. The number of rotatable bonds is 4. The topological polar surface area (TPSA) is 23.5 Å². The molecule has 1 atom stereocenters. The van der Waals surface area contributed by atoms with Crippen LogP contribution in [0.5, 0.6) is 0 Å². The molecule has 1 unspecified atom stereocenters. The highest BCUT2D eigenvalue weighted by molar-refractivity contribution is 5.14. The Kier molecular flexibility index (Phi) is 5.01. The molecule has 19 heavy (non-hydrogen) atoms. The molecule has 2 heteroatoms. The summed E-state index contributed by atoms with van der Waals surface area (Å²) < 4.78 is 0. The summed E-state index contributed by atoms with van der Waals surface area (Å²) in [5.41, 5.74) is 0.775. The van der Waals surface area contributed by atoms with Crippen molar-refractivity contribution in [3.05, 3.63) is 35.9 Å². The van der Waals surface area contributed by atoms with E-state index in [4.69, 9.17) is 0 Å². The number of hydrogen-bond donors (Lipinski definition) is 1. The van der Waals surface area contributed by atoms with Crippen molar-refractivity contribution in [3.8, 4) is 11.8 Å². The van der Waals surface area contributed by atoms with Crippen molar-refractivity contribution in [1.82, 2.24) is 4.90 Å². The first-order valence-electron chi connectivity index (χ1n) is 7.10. The fourth-order valence-electron chi connectivity index (χ4n) is 2.81. The number of hydrogen-bond acceptors (Lipinski definition) is 2. The molecular weight excluding hydrogens is 234 g/mol. The minimum atomic E-state index is -0.545. The number of nitrogens with zero attached hydrogens (tertiary/aromatic N) is 1. The number of likely N-dealkylation sites (tertiary alicyclic amines) is 1. The molecule has 1 saturated heterocycles. The Balaban J connectivity index is 1.90. The van der Waals surface area contributed by atoms with Gasteiger partial charge in [-0.3, -0.25) is 4.90 Å². The van der Waals surface area contributed by atoms with Crippen molar-refractivity contribution >= 4 is 0 Å². The summed E-state index contributed by atoms with van der Waals surface area (Å²) in [5.74, 6) is 5.96. The van der Waals surface area contributed by atoms with Gasteiger partial charge < -0.3 is 5.11 Å². The van der Waals surface area contributed by atoms with Gasteiger partial charge in [-0.05, 0) is 38.3 Å². The van der Waals surface area contributed by atoms with Gasteiger partial charge in [-0.25, -0.2) is 0 Å². The second-order valence-corrected chi connectivity index (χ2v) is 5.45. The lowest BCUT2D eigenvalue weighted by Crippen LogP contribution is -2.47. The molecule has 1 aliphatic rings. The lowest BCUT2D eigenvalue weighted by Gasteiger charge is -2.39. The van der Waals surface area contributed by atoms with Crippen molar-refractivity contribution in [3.63, 3.8) is 0 Å². The third kappa shape index (κ3) is 4.38. The van der Waals surface area contributed by atoms with Crippen molar-refractivity contribution in [2.75, 3.05) is 13.1 Å². The number of β-amino-alcohol motifs (C(OH)–C–C–N with tert-alkyl or cyclic N) is 1. The third-order valence-corrected chi connectivity index (χ3v) is 3.78. The zero-order valence-corrected chi connectivity index (χ0v) is 11.7. The molecule has 0 radical (unpaired) electrons. The normalized spacial score (nSPS) is 23.7. The molecule has 0 bridgehead atoms. The Morgan fingerprint density at radius 1 is 1.32 bits per heavy atom. The molecule has 2 nitrogen and oxygen atoms in total. The molecule has 1 aromatic rings. The van der Waals surface area contributed by atoms with Crippen LogP contribution in [0.2, 0.25) is 0 Å². The smallest absolute Gasteiger partial charge is 0.0783 e. The molecule has 102 valence electrons. The summed E-state index contributed by atoms with van der Waals surface area (Å²) in [6.45, 7) is 4.64. The fraction of sp³-hybridized carbons (Fsp3) is 0.529. The molecule has 1 heterocycles.